The number of carboxylic acid groups (broad SMARTS) is 1. The lowest BCUT2D eigenvalue weighted by molar-refractivity contribution is -0.140. The topological polar surface area (TPSA) is 46.5 Å². The number of halogens is 1. The van der Waals surface area contributed by atoms with E-state index in [0.717, 1.165) is 0 Å². The summed E-state index contributed by atoms with van der Waals surface area (Å²) in [6.45, 7) is 4.04. The highest BCUT2D eigenvalue weighted by molar-refractivity contribution is 6.20. The van der Waals surface area contributed by atoms with E-state index in [2.05, 4.69) is 0 Å². The Labute approximate surface area is 71.3 Å². The molecule has 4 heteroatoms. The molecule has 2 unspecified atom stereocenters. The maximum Gasteiger partial charge on any atom is 0.306 e. The minimum absolute atomic E-state index is 0.0293. The molecule has 0 fully saturated rings. The number of aliphatic carboxylic acids is 1. The predicted molar refractivity (Wildman–Crippen MR) is 43.0 cm³/mol. The molecular weight excluding hydrogens is 168 g/mol. The second-order valence-corrected chi connectivity index (χ2v) is 2.96. The largest absolute Gasteiger partial charge is 0.481 e. The quantitative estimate of drug-likeness (QED) is 0.653. The molecule has 2 atom stereocenters. The number of hydrogen-bond donors (Lipinski definition) is 1. The zero-order valence-corrected chi connectivity index (χ0v) is 7.47. The lowest BCUT2D eigenvalue weighted by atomic mass is 10.2. The maximum atomic E-state index is 10.3. The lowest BCUT2D eigenvalue weighted by Crippen LogP contribution is -2.25. The molecule has 0 spiro atoms. The molecule has 0 aromatic rings. The maximum absolute atomic E-state index is 10.3. The summed E-state index contributed by atoms with van der Waals surface area (Å²) in [7, 11) is 0. The summed E-state index contributed by atoms with van der Waals surface area (Å²) in [5, 5.41) is 8.16. The molecule has 0 saturated carbocycles. The van der Waals surface area contributed by atoms with Gasteiger partial charge < -0.3 is 9.84 Å². The van der Waals surface area contributed by atoms with Crippen molar-refractivity contribution >= 4 is 17.6 Å². The predicted octanol–water partition coefficient (Wildman–Crippen LogP) is 1.49. The molecule has 0 aliphatic heterocycles. The van der Waals surface area contributed by atoms with Crippen LogP contribution in [0.1, 0.15) is 20.3 Å². The number of hydrogen-bond acceptors (Lipinski definition) is 2. The summed E-state index contributed by atoms with van der Waals surface area (Å²) in [4.78, 5) is 10.3. The summed E-state index contributed by atoms with van der Waals surface area (Å²) in [6.07, 6.45) is -0.405. The highest BCUT2D eigenvalue weighted by atomic mass is 35.5. The average Bonchev–Trinajstić information content (AvgIpc) is 1.86. The Balaban J connectivity index is 3.79. The Bertz CT molecular complexity index is 125. The fourth-order valence-electron chi connectivity index (χ4n) is 0.740. The van der Waals surface area contributed by atoms with Crippen molar-refractivity contribution in [3.8, 4) is 0 Å². The number of carboxylic acids is 1. The van der Waals surface area contributed by atoms with Crippen molar-refractivity contribution in [1.29, 1.82) is 0 Å². The van der Waals surface area contributed by atoms with Crippen molar-refractivity contribution in [2.75, 3.05) is 6.61 Å². The van der Waals surface area contributed by atoms with E-state index >= 15 is 0 Å². The van der Waals surface area contributed by atoms with Gasteiger partial charge in [0, 0.05) is 6.61 Å². The summed E-state index contributed by atoms with van der Waals surface area (Å²) in [5.41, 5.74) is 0. The van der Waals surface area contributed by atoms with Gasteiger partial charge in [-0.25, -0.2) is 0 Å². The average molecular weight is 181 g/mol. The van der Waals surface area contributed by atoms with E-state index in [1.54, 1.807) is 6.92 Å². The Hall–Kier alpha value is -0.280. The lowest BCUT2D eigenvalue weighted by Gasteiger charge is -2.16. The van der Waals surface area contributed by atoms with Crippen LogP contribution in [-0.2, 0) is 9.53 Å². The molecule has 0 aliphatic rings. The van der Waals surface area contributed by atoms with Crippen LogP contribution in [0.15, 0.2) is 0 Å². The second kappa shape index (κ2) is 5.38. The van der Waals surface area contributed by atoms with Crippen LogP contribution in [0.25, 0.3) is 0 Å². The van der Waals surface area contributed by atoms with Crippen molar-refractivity contribution in [1.82, 2.24) is 0 Å². The molecule has 0 aromatic heterocycles. The molecule has 0 saturated heterocycles. The van der Waals surface area contributed by atoms with Gasteiger partial charge in [-0.3, -0.25) is 4.79 Å². The summed E-state index contributed by atoms with van der Waals surface area (Å²) in [5.74, 6) is -0.879. The van der Waals surface area contributed by atoms with Crippen molar-refractivity contribution in [2.24, 2.45) is 0 Å². The van der Waals surface area contributed by atoms with Gasteiger partial charge in [0.2, 0.25) is 0 Å². The molecule has 0 bridgehead atoms. The zero-order valence-electron chi connectivity index (χ0n) is 6.71. The van der Waals surface area contributed by atoms with E-state index in [4.69, 9.17) is 21.4 Å². The summed E-state index contributed by atoms with van der Waals surface area (Å²) >= 11 is 5.68. The van der Waals surface area contributed by atoms with Gasteiger partial charge in [0.25, 0.3) is 0 Å². The van der Waals surface area contributed by atoms with E-state index in [0.29, 0.717) is 6.61 Å². The first-order valence-corrected chi connectivity index (χ1v) is 3.99. The molecule has 0 radical (unpaired) electrons. The third kappa shape index (κ3) is 5.04. The van der Waals surface area contributed by atoms with Crippen molar-refractivity contribution in [2.45, 2.75) is 31.7 Å². The van der Waals surface area contributed by atoms with Gasteiger partial charge in [0.1, 0.15) is 0 Å². The van der Waals surface area contributed by atoms with Gasteiger partial charge in [-0.2, -0.15) is 0 Å². The van der Waals surface area contributed by atoms with E-state index in [1.165, 1.54) is 0 Å². The first-order valence-electron chi connectivity index (χ1n) is 3.55. The van der Waals surface area contributed by atoms with Gasteiger partial charge in [-0.1, -0.05) is 0 Å². The highest BCUT2D eigenvalue weighted by Crippen LogP contribution is 2.10. The zero-order chi connectivity index (χ0) is 8.85. The molecular formula is C7H13ClO3. The Morgan fingerprint density at radius 3 is 2.55 bits per heavy atom. The number of alkyl halides is 1. The molecule has 0 heterocycles. The highest BCUT2D eigenvalue weighted by Gasteiger charge is 2.18. The first kappa shape index (κ1) is 10.7. The monoisotopic (exact) mass is 180 g/mol. The van der Waals surface area contributed by atoms with E-state index in [-0.39, 0.29) is 17.9 Å². The van der Waals surface area contributed by atoms with Crippen LogP contribution in [0.4, 0.5) is 0 Å². The normalized spacial score (nSPS) is 15.9. The van der Waals surface area contributed by atoms with Crippen molar-refractivity contribution in [3.05, 3.63) is 0 Å². The van der Waals surface area contributed by atoms with Crippen LogP contribution in [-0.4, -0.2) is 29.2 Å². The number of rotatable bonds is 5. The SMILES string of the molecule is CCOC(CC(=O)O)C(C)Cl. The number of carbonyl (C=O) groups is 1. The molecule has 0 aliphatic carbocycles. The van der Waals surface area contributed by atoms with Crippen molar-refractivity contribution < 1.29 is 14.6 Å². The van der Waals surface area contributed by atoms with Gasteiger partial charge in [-0.05, 0) is 13.8 Å². The minimum Gasteiger partial charge on any atom is -0.481 e. The molecule has 66 valence electrons. The van der Waals surface area contributed by atoms with Crippen molar-refractivity contribution in [3.63, 3.8) is 0 Å². The first-order chi connectivity index (χ1) is 5.07. The summed E-state index contributed by atoms with van der Waals surface area (Å²) in [6, 6.07) is 0. The Morgan fingerprint density at radius 2 is 2.27 bits per heavy atom. The standard InChI is InChI=1S/C7H13ClO3/c1-3-11-6(5(2)8)4-7(9)10/h5-6H,3-4H2,1-2H3,(H,9,10). The smallest absolute Gasteiger partial charge is 0.306 e. The van der Waals surface area contributed by atoms with Gasteiger partial charge >= 0.3 is 5.97 Å². The van der Waals surface area contributed by atoms with Crippen LogP contribution in [0.3, 0.4) is 0 Å². The summed E-state index contributed by atoms with van der Waals surface area (Å²) < 4.78 is 5.10. The minimum atomic E-state index is -0.879. The molecule has 0 aromatic carbocycles. The molecule has 0 amide bonds. The van der Waals surface area contributed by atoms with E-state index in [1.807, 2.05) is 6.92 Å². The number of ether oxygens (including phenoxy) is 1. The van der Waals surface area contributed by atoms with E-state index in [9.17, 15) is 4.79 Å². The Morgan fingerprint density at radius 1 is 1.73 bits per heavy atom. The van der Waals surface area contributed by atoms with Crippen LogP contribution >= 0.6 is 11.6 Å². The van der Waals surface area contributed by atoms with Gasteiger partial charge in [-0.15, -0.1) is 11.6 Å². The molecule has 0 rings (SSSR count). The third-order valence-corrected chi connectivity index (χ3v) is 1.55. The van der Waals surface area contributed by atoms with Gasteiger partial charge in [0.05, 0.1) is 17.9 Å². The van der Waals surface area contributed by atoms with Gasteiger partial charge in [0.15, 0.2) is 0 Å². The third-order valence-electron chi connectivity index (χ3n) is 1.27. The van der Waals surface area contributed by atoms with Crippen LogP contribution < -0.4 is 0 Å². The fraction of sp³-hybridized carbons (Fsp3) is 0.857. The molecule has 3 nitrogen and oxygen atoms in total. The fourth-order valence-corrected chi connectivity index (χ4v) is 0.902. The molecule has 11 heavy (non-hydrogen) atoms. The Kier molecular flexibility index (Phi) is 5.24. The van der Waals surface area contributed by atoms with Crippen LogP contribution in [0.2, 0.25) is 0 Å². The molecule has 1 N–H and O–H groups in total. The van der Waals surface area contributed by atoms with E-state index < -0.39 is 5.97 Å². The van der Waals surface area contributed by atoms with Crippen LogP contribution in [0, 0.1) is 0 Å². The van der Waals surface area contributed by atoms with Crippen LogP contribution in [0.5, 0.6) is 0 Å². The second-order valence-electron chi connectivity index (χ2n) is 2.27.